The maximum absolute atomic E-state index is 12.7. The number of aryl methyl sites for hydroxylation is 2. The first-order valence-corrected chi connectivity index (χ1v) is 8.82. The van der Waals surface area contributed by atoms with Crippen molar-refractivity contribution in [2.75, 3.05) is 16.8 Å². The normalized spacial score (nSPS) is 14.5. The number of alkyl halides is 1. The lowest BCUT2D eigenvalue weighted by Gasteiger charge is -2.32. The van der Waals surface area contributed by atoms with Crippen molar-refractivity contribution in [1.29, 1.82) is 0 Å². The third kappa shape index (κ3) is 3.25. The minimum absolute atomic E-state index is 0.170. The van der Waals surface area contributed by atoms with E-state index in [9.17, 15) is 4.79 Å². The Kier molecular flexibility index (Phi) is 5.64. The average Bonchev–Trinajstić information content (AvgIpc) is 2.48. The number of anilines is 1. The van der Waals surface area contributed by atoms with E-state index >= 15 is 0 Å². The Hall–Kier alpha value is -0.830. The fourth-order valence-corrected chi connectivity index (χ4v) is 3.46. The highest BCUT2D eigenvalue weighted by Crippen LogP contribution is 2.30. The van der Waals surface area contributed by atoms with Crippen molar-refractivity contribution in [2.45, 2.75) is 46.0 Å². The third-order valence-electron chi connectivity index (χ3n) is 4.25. The molecule has 1 aliphatic rings. The number of carbonyl (C=O) groups excluding carboxylic acids is 1. The smallest absolute Gasteiger partial charge is 0.230 e. The van der Waals surface area contributed by atoms with Crippen LogP contribution in [0.25, 0.3) is 0 Å². The first kappa shape index (κ1) is 15.6. The van der Waals surface area contributed by atoms with Crippen LogP contribution in [-0.4, -0.2) is 17.8 Å². The van der Waals surface area contributed by atoms with Crippen LogP contribution in [0.1, 0.15) is 44.2 Å². The largest absolute Gasteiger partial charge is 0.312 e. The monoisotopic (exact) mass is 337 g/mol. The number of hydrogen-bond acceptors (Lipinski definition) is 1. The number of nitrogens with zero attached hydrogens (tertiary/aromatic N) is 1. The van der Waals surface area contributed by atoms with E-state index in [2.05, 4.69) is 48.0 Å². The van der Waals surface area contributed by atoms with Crippen LogP contribution in [0.5, 0.6) is 0 Å². The van der Waals surface area contributed by atoms with Gasteiger partial charge >= 0.3 is 0 Å². The SMILES string of the molecule is CCC(CC)C(=O)N1CCCc2cc(CCBr)ccc21. The van der Waals surface area contributed by atoms with Crippen LogP contribution in [-0.2, 0) is 17.6 Å². The maximum atomic E-state index is 12.7. The molecule has 20 heavy (non-hydrogen) atoms. The summed E-state index contributed by atoms with van der Waals surface area (Å²) in [4.78, 5) is 14.7. The quantitative estimate of drug-likeness (QED) is 0.732. The lowest BCUT2D eigenvalue weighted by atomic mass is 9.95. The van der Waals surface area contributed by atoms with Crippen LogP contribution in [0.15, 0.2) is 18.2 Å². The highest BCUT2D eigenvalue weighted by molar-refractivity contribution is 9.09. The average molecular weight is 338 g/mol. The molecule has 0 fully saturated rings. The molecule has 1 aromatic rings. The van der Waals surface area contributed by atoms with Gasteiger partial charge in [-0.15, -0.1) is 0 Å². The molecule has 3 heteroatoms. The second-order valence-electron chi connectivity index (χ2n) is 5.51. The molecule has 0 atom stereocenters. The molecule has 0 aliphatic carbocycles. The summed E-state index contributed by atoms with van der Waals surface area (Å²) < 4.78 is 0. The van der Waals surface area contributed by atoms with Crippen molar-refractivity contribution in [3.63, 3.8) is 0 Å². The van der Waals surface area contributed by atoms with E-state index < -0.39 is 0 Å². The van der Waals surface area contributed by atoms with Gasteiger partial charge in [-0.25, -0.2) is 0 Å². The number of halogens is 1. The summed E-state index contributed by atoms with van der Waals surface area (Å²) in [5.41, 5.74) is 3.85. The molecule has 2 nitrogen and oxygen atoms in total. The lowest BCUT2D eigenvalue weighted by molar-refractivity contribution is -0.122. The number of rotatable bonds is 5. The van der Waals surface area contributed by atoms with Gasteiger partial charge in [0.2, 0.25) is 5.91 Å². The van der Waals surface area contributed by atoms with Gasteiger partial charge in [-0.2, -0.15) is 0 Å². The molecule has 0 saturated heterocycles. The number of benzene rings is 1. The summed E-state index contributed by atoms with van der Waals surface area (Å²) >= 11 is 3.49. The van der Waals surface area contributed by atoms with E-state index in [1.807, 2.05) is 4.90 Å². The molecule has 0 aromatic heterocycles. The van der Waals surface area contributed by atoms with Crippen LogP contribution in [0.3, 0.4) is 0 Å². The van der Waals surface area contributed by atoms with E-state index in [0.717, 1.165) is 49.7 Å². The Labute approximate surface area is 130 Å². The third-order valence-corrected chi connectivity index (χ3v) is 4.64. The topological polar surface area (TPSA) is 20.3 Å². The van der Waals surface area contributed by atoms with Crippen LogP contribution < -0.4 is 4.90 Å². The zero-order valence-corrected chi connectivity index (χ0v) is 14.1. The molecule has 2 rings (SSSR count). The highest BCUT2D eigenvalue weighted by atomic mass is 79.9. The van der Waals surface area contributed by atoms with Crippen LogP contribution in [0, 0.1) is 5.92 Å². The summed E-state index contributed by atoms with van der Waals surface area (Å²) in [5, 5.41) is 0.988. The van der Waals surface area contributed by atoms with Crippen LogP contribution in [0.2, 0.25) is 0 Å². The predicted molar refractivity (Wildman–Crippen MR) is 88.7 cm³/mol. The Bertz CT molecular complexity index is 468. The fourth-order valence-electron chi connectivity index (χ4n) is 3.00. The van der Waals surface area contributed by atoms with Crippen LogP contribution >= 0.6 is 15.9 Å². The molecule has 1 aliphatic heterocycles. The van der Waals surface area contributed by atoms with Crippen molar-refractivity contribution in [2.24, 2.45) is 5.92 Å². The van der Waals surface area contributed by atoms with Gasteiger partial charge in [0, 0.05) is 23.5 Å². The van der Waals surface area contributed by atoms with Crippen LogP contribution in [0.4, 0.5) is 5.69 Å². The van der Waals surface area contributed by atoms with E-state index in [1.165, 1.54) is 11.1 Å². The molecule has 0 saturated carbocycles. The van der Waals surface area contributed by atoms with Gasteiger partial charge in [0.1, 0.15) is 0 Å². The van der Waals surface area contributed by atoms with Crippen molar-refractivity contribution in [1.82, 2.24) is 0 Å². The van der Waals surface area contributed by atoms with E-state index in [0.29, 0.717) is 5.91 Å². The fraction of sp³-hybridized carbons (Fsp3) is 0.588. The van der Waals surface area contributed by atoms with Gasteiger partial charge in [0.25, 0.3) is 0 Å². The molecule has 0 spiro atoms. The summed E-state index contributed by atoms with van der Waals surface area (Å²) in [5.74, 6) is 0.479. The maximum Gasteiger partial charge on any atom is 0.230 e. The summed E-state index contributed by atoms with van der Waals surface area (Å²) in [6.45, 7) is 5.09. The molecule has 1 amide bonds. The van der Waals surface area contributed by atoms with Gasteiger partial charge in [0.05, 0.1) is 0 Å². The van der Waals surface area contributed by atoms with Crippen molar-refractivity contribution >= 4 is 27.5 Å². The number of carbonyl (C=O) groups is 1. The van der Waals surface area contributed by atoms with Gasteiger partial charge < -0.3 is 4.90 Å². The van der Waals surface area contributed by atoms with Gasteiger partial charge in [0.15, 0.2) is 0 Å². The summed E-state index contributed by atoms with van der Waals surface area (Å²) in [6.07, 6.45) is 5.09. The molecule has 110 valence electrons. The first-order valence-electron chi connectivity index (χ1n) is 7.70. The lowest BCUT2D eigenvalue weighted by Crippen LogP contribution is -2.39. The molecular formula is C17H24BrNO. The first-order chi connectivity index (χ1) is 9.71. The highest BCUT2D eigenvalue weighted by Gasteiger charge is 2.26. The van der Waals surface area contributed by atoms with E-state index in [-0.39, 0.29) is 5.92 Å². The van der Waals surface area contributed by atoms with Gasteiger partial charge in [-0.05, 0) is 49.3 Å². The number of hydrogen-bond donors (Lipinski definition) is 0. The predicted octanol–water partition coefficient (Wildman–Crippen LogP) is 4.34. The van der Waals surface area contributed by atoms with Crippen molar-refractivity contribution in [3.05, 3.63) is 29.3 Å². The Balaban J connectivity index is 2.26. The second-order valence-corrected chi connectivity index (χ2v) is 6.30. The molecule has 0 radical (unpaired) electrons. The zero-order valence-electron chi connectivity index (χ0n) is 12.5. The Morgan fingerprint density at radius 3 is 2.75 bits per heavy atom. The molecule has 0 N–H and O–H groups in total. The zero-order chi connectivity index (χ0) is 14.5. The van der Waals surface area contributed by atoms with E-state index in [1.54, 1.807) is 0 Å². The standard InChI is InChI=1S/C17H24BrNO/c1-3-14(4-2)17(20)19-11-5-6-15-12-13(9-10-18)7-8-16(15)19/h7-8,12,14H,3-6,9-11H2,1-2H3. The molecular weight excluding hydrogens is 314 g/mol. The van der Waals surface area contributed by atoms with E-state index in [4.69, 9.17) is 0 Å². The Morgan fingerprint density at radius 1 is 1.35 bits per heavy atom. The minimum atomic E-state index is 0.170. The molecule has 0 bridgehead atoms. The number of fused-ring (bicyclic) bond motifs is 1. The number of amides is 1. The summed E-state index contributed by atoms with van der Waals surface area (Å²) in [6, 6.07) is 6.59. The molecule has 1 heterocycles. The Morgan fingerprint density at radius 2 is 2.10 bits per heavy atom. The molecule has 1 aromatic carbocycles. The van der Waals surface area contributed by atoms with Gasteiger partial charge in [-0.1, -0.05) is 41.9 Å². The van der Waals surface area contributed by atoms with Gasteiger partial charge in [-0.3, -0.25) is 4.79 Å². The van der Waals surface area contributed by atoms with Crippen molar-refractivity contribution < 1.29 is 4.79 Å². The minimum Gasteiger partial charge on any atom is -0.312 e. The molecule has 0 unspecified atom stereocenters. The summed E-state index contributed by atoms with van der Waals surface area (Å²) in [7, 11) is 0. The second kappa shape index (κ2) is 7.26. The van der Waals surface area contributed by atoms with Crippen molar-refractivity contribution in [3.8, 4) is 0 Å².